The van der Waals surface area contributed by atoms with Crippen LogP contribution in [0.2, 0.25) is 0 Å². The van der Waals surface area contributed by atoms with E-state index in [9.17, 15) is 14.4 Å². The third kappa shape index (κ3) is 3.99. The molecular formula is C21H28N2O4. The van der Waals surface area contributed by atoms with Gasteiger partial charge in [-0.2, -0.15) is 0 Å². The van der Waals surface area contributed by atoms with Crippen LogP contribution in [0.5, 0.6) is 0 Å². The Hall–Kier alpha value is -2.37. The number of carbonyl (C=O) groups excluding carboxylic acids is 3. The van der Waals surface area contributed by atoms with Gasteiger partial charge in [-0.25, -0.2) is 4.79 Å². The number of nitrogens with zero attached hydrogens (tertiary/aromatic N) is 2. The summed E-state index contributed by atoms with van der Waals surface area (Å²) in [5.74, 6) is -0.834. The zero-order valence-electron chi connectivity index (χ0n) is 16.1. The summed E-state index contributed by atoms with van der Waals surface area (Å²) in [6, 6.07) is 7.22. The number of piperidine rings is 1. The summed E-state index contributed by atoms with van der Waals surface area (Å²) in [5, 5.41) is 0. The Morgan fingerprint density at radius 1 is 1.19 bits per heavy atom. The summed E-state index contributed by atoms with van der Waals surface area (Å²) in [7, 11) is 0. The van der Waals surface area contributed by atoms with Crippen molar-refractivity contribution in [2.45, 2.75) is 52.0 Å². The molecule has 2 aliphatic rings. The van der Waals surface area contributed by atoms with Crippen molar-refractivity contribution >= 4 is 23.5 Å². The van der Waals surface area contributed by atoms with Crippen LogP contribution in [0, 0.1) is 5.92 Å². The Labute approximate surface area is 160 Å². The SMILES string of the molecule is CCOC(=O)c1ccccc1N1CC(C(=O)N2CCCCC2CC)CC1=O. The topological polar surface area (TPSA) is 66.9 Å². The Kier molecular flexibility index (Phi) is 6.14. The molecular weight excluding hydrogens is 344 g/mol. The molecule has 146 valence electrons. The average Bonchev–Trinajstić information content (AvgIpc) is 3.09. The average molecular weight is 372 g/mol. The normalized spacial score (nSPS) is 22.8. The van der Waals surface area contributed by atoms with E-state index in [0.29, 0.717) is 17.8 Å². The third-order valence-corrected chi connectivity index (χ3v) is 5.55. The van der Waals surface area contributed by atoms with Gasteiger partial charge < -0.3 is 14.5 Å². The van der Waals surface area contributed by atoms with Crippen molar-refractivity contribution in [3.8, 4) is 0 Å². The minimum atomic E-state index is -0.447. The first-order chi connectivity index (χ1) is 13.1. The molecule has 6 heteroatoms. The molecule has 2 amide bonds. The largest absolute Gasteiger partial charge is 0.462 e. The number of benzene rings is 1. The summed E-state index contributed by atoms with van der Waals surface area (Å²) in [5.41, 5.74) is 0.896. The van der Waals surface area contributed by atoms with Crippen molar-refractivity contribution < 1.29 is 19.1 Å². The monoisotopic (exact) mass is 372 g/mol. The highest BCUT2D eigenvalue weighted by atomic mass is 16.5. The van der Waals surface area contributed by atoms with Gasteiger partial charge in [-0.3, -0.25) is 9.59 Å². The van der Waals surface area contributed by atoms with Crippen LogP contribution in [-0.4, -0.2) is 48.4 Å². The molecule has 0 spiro atoms. The van der Waals surface area contributed by atoms with Crippen LogP contribution >= 0.6 is 0 Å². The van der Waals surface area contributed by atoms with Crippen molar-refractivity contribution in [3.63, 3.8) is 0 Å². The Balaban J connectivity index is 1.78. The molecule has 0 N–H and O–H groups in total. The number of carbonyl (C=O) groups is 3. The van der Waals surface area contributed by atoms with Gasteiger partial charge in [-0.15, -0.1) is 0 Å². The fourth-order valence-corrected chi connectivity index (χ4v) is 4.15. The molecule has 2 aliphatic heterocycles. The lowest BCUT2D eigenvalue weighted by Gasteiger charge is -2.36. The molecule has 0 radical (unpaired) electrons. The highest BCUT2D eigenvalue weighted by Crippen LogP contribution is 2.31. The number of rotatable bonds is 5. The molecule has 2 fully saturated rings. The second-order valence-corrected chi connectivity index (χ2v) is 7.23. The van der Waals surface area contributed by atoms with Crippen LogP contribution in [0.4, 0.5) is 5.69 Å². The summed E-state index contributed by atoms with van der Waals surface area (Å²) in [6.45, 7) is 5.23. The standard InChI is InChI=1S/C21H28N2O4/c1-3-16-9-7-8-12-22(16)20(25)15-13-19(24)23(14-15)18-11-6-5-10-17(18)21(26)27-4-2/h5-6,10-11,15-16H,3-4,7-9,12-14H2,1-2H3. The van der Waals surface area contributed by atoms with Gasteiger partial charge in [0.25, 0.3) is 0 Å². The first-order valence-electron chi connectivity index (χ1n) is 9.93. The molecule has 0 bridgehead atoms. The minimum Gasteiger partial charge on any atom is -0.462 e. The van der Waals surface area contributed by atoms with E-state index in [1.807, 2.05) is 4.90 Å². The maximum absolute atomic E-state index is 13.1. The molecule has 0 aliphatic carbocycles. The number of ether oxygens (including phenoxy) is 1. The fraction of sp³-hybridized carbons (Fsp3) is 0.571. The molecule has 2 atom stereocenters. The van der Waals surface area contributed by atoms with Gasteiger partial charge in [0.2, 0.25) is 11.8 Å². The number of amides is 2. The fourth-order valence-electron chi connectivity index (χ4n) is 4.15. The first kappa shape index (κ1) is 19.4. The number of anilines is 1. The Bertz CT molecular complexity index is 718. The quantitative estimate of drug-likeness (QED) is 0.745. The van der Waals surface area contributed by atoms with Gasteiger partial charge in [0.15, 0.2) is 0 Å². The molecule has 27 heavy (non-hydrogen) atoms. The predicted octanol–water partition coefficient (Wildman–Crippen LogP) is 3.01. The maximum atomic E-state index is 13.1. The maximum Gasteiger partial charge on any atom is 0.340 e. The smallest absolute Gasteiger partial charge is 0.340 e. The van der Waals surface area contributed by atoms with E-state index in [1.54, 1.807) is 36.1 Å². The lowest BCUT2D eigenvalue weighted by atomic mass is 9.97. The van der Waals surface area contributed by atoms with E-state index in [4.69, 9.17) is 4.74 Å². The van der Waals surface area contributed by atoms with E-state index in [1.165, 1.54) is 0 Å². The lowest BCUT2D eigenvalue weighted by molar-refractivity contribution is -0.139. The highest BCUT2D eigenvalue weighted by Gasteiger charge is 2.40. The van der Waals surface area contributed by atoms with Crippen molar-refractivity contribution in [1.29, 1.82) is 0 Å². The minimum absolute atomic E-state index is 0.0750. The van der Waals surface area contributed by atoms with Gasteiger partial charge in [-0.05, 0) is 44.7 Å². The second kappa shape index (κ2) is 8.55. The Morgan fingerprint density at radius 2 is 1.96 bits per heavy atom. The zero-order chi connectivity index (χ0) is 19.4. The number of esters is 1. The van der Waals surface area contributed by atoms with Crippen LogP contribution in [-0.2, 0) is 14.3 Å². The molecule has 6 nitrogen and oxygen atoms in total. The summed E-state index contributed by atoms with van der Waals surface area (Å²) < 4.78 is 5.11. The van der Waals surface area contributed by atoms with Gasteiger partial charge >= 0.3 is 5.97 Å². The van der Waals surface area contributed by atoms with E-state index < -0.39 is 5.97 Å². The molecule has 2 unspecified atom stereocenters. The third-order valence-electron chi connectivity index (χ3n) is 5.55. The zero-order valence-corrected chi connectivity index (χ0v) is 16.1. The van der Waals surface area contributed by atoms with E-state index >= 15 is 0 Å². The van der Waals surface area contributed by atoms with Crippen LogP contribution in [0.3, 0.4) is 0 Å². The summed E-state index contributed by atoms with van der Waals surface area (Å²) >= 11 is 0. The second-order valence-electron chi connectivity index (χ2n) is 7.23. The molecule has 0 aromatic heterocycles. The van der Waals surface area contributed by atoms with Crippen LogP contribution in [0.25, 0.3) is 0 Å². The van der Waals surface area contributed by atoms with Crippen LogP contribution in [0.1, 0.15) is 56.3 Å². The van der Waals surface area contributed by atoms with Crippen molar-refractivity contribution in [2.75, 3.05) is 24.6 Å². The molecule has 1 aromatic carbocycles. The highest BCUT2D eigenvalue weighted by molar-refractivity contribution is 6.05. The first-order valence-corrected chi connectivity index (χ1v) is 9.93. The van der Waals surface area contributed by atoms with Crippen LogP contribution in [0.15, 0.2) is 24.3 Å². The van der Waals surface area contributed by atoms with Crippen molar-refractivity contribution in [3.05, 3.63) is 29.8 Å². The van der Waals surface area contributed by atoms with Gasteiger partial charge in [0, 0.05) is 25.6 Å². The van der Waals surface area contributed by atoms with Crippen molar-refractivity contribution in [1.82, 2.24) is 4.90 Å². The van der Waals surface area contributed by atoms with Gasteiger partial charge in [0.1, 0.15) is 0 Å². The van der Waals surface area contributed by atoms with Gasteiger partial charge in [-0.1, -0.05) is 19.1 Å². The van der Waals surface area contributed by atoms with Crippen molar-refractivity contribution in [2.24, 2.45) is 5.92 Å². The predicted molar refractivity (Wildman–Crippen MR) is 103 cm³/mol. The summed E-state index contributed by atoms with van der Waals surface area (Å²) in [6.07, 6.45) is 4.37. The van der Waals surface area contributed by atoms with E-state index in [-0.39, 0.29) is 36.8 Å². The molecule has 3 rings (SSSR count). The molecule has 2 saturated heterocycles. The van der Waals surface area contributed by atoms with Crippen LogP contribution < -0.4 is 4.90 Å². The number of hydrogen-bond donors (Lipinski definition) is 0. The number of hydrogen-bond acceptors (Lipinski definition) is 4. The number of likely N-dealkylation sites (tertiary alicyclic amines) is 1. The number of para-hydroxylation sites is 1. The lowest BCUT2D eigenvalue weighted by Crippen LogP contribution is -2.46. The summed E-state index contributed by atoms with van der Waals surface area (Å²) in [4.78, 5) is 41.5. The molecule has 2 heterocycles. The van der Waals surface area contributed by atoms with E-state index in [0.717, 1.165) is 32.2 Å². The molecule has 0 saturated carbocycles. The van der Waals surface area contributed by atoms with Gasteiger partial charge in [0.05, 0.1) is 23.8 Å². The van der Waals surface area contributed by atoms with E-state index in [2.05, 4.69) is 6.92 Å². The Morgan fingerprint density at radius 3 is 2.70 bits per heavy atom. The molecule has 1 aromatic rings.